The van der Waals surface area contributed by atoms with Crippen molar-refractivity contribution in [2.24, 2.45) is 0 Å². The molecular formula is C8H13N3O2S. The van der Waals surface area contributed by atoms with Gasteiger partial charge in [-0.2, -0.15) is 0 Å². The summed E-state index contributed by atoms with van der Waals surface area (Å²) in [5.41, 5.74) is 0.902. The number of carbonyl (C=O) groups is 1. The van der Waals surface area contributed by atoms with E-state index in [-0.39, 0.29) is 5.97 Å². The average molecular weight is 215 g/mol. The molecule has 6 heteroatoms. The summed E-state index contributed by atoms with van der Waals surface area (Å²) in [6, 6.07) is 0. The van der Waals surface area contributed by atoms with Gasteiger partial charge in [0.1, 0.15) is 0 Å². The Morgan fingerprint density at radius 3 is 3.21 bits per heavy atom. The fraction of sp³-hybridized carbons (Fsp3) is 0.625. The van der Waals surface area contributed by atoms with Crippen LogP contribution in [0.3, 0.4) is 0 Å². The number of aromatic nitrogens is 2. The van der Waals surface area contributed by atoms with Gasteiger partial charge in [0.2, 0.25) is 0 Å². The lowest BCUT2D eigenvalue weighted by Gasteiger charge is -2.02. The second kappa shape index (κ2) is 6.44. The van der Waals surface area contributed by atoms with E-state index in [1.54, 1.807) is 6.92 Å². The zero-order valence-corrected chi connectivity index (χ0v) is 8.84. The minimum Gasteiger partial charge on any atom is -0.466 e. The van der Waals surface area contributed by atoms with Gasteiger partial charge in [-0.25, -0.2) is 0 Å². The summed E-state index contributed by atoms with van der Waals surface area (Å²) >= 11 is 1.32. The maximum atomic E-state index is 10.9. The summed E-state index contributed by atoms with van der Waals surface area (Å²) in [6.45, 7) is 3.49. The zero-order valence-electron chi connectivity index (χ0n) is 8.02. The fourth-order valence-corrected chi connectivity index (χ4v) is 1.35. The Morgan fingerprint density at radius 1 is 1.71 bits per heavy atom. The minimum atomic E-state index is -0.170. The molecule has 0 unspecified atom stereocenters. The van der Waals surface area contributed by atoms with Crippen molar-refractivity contribution in [3.63, 3.8) is 0 Å². The van der Waals surface area contributed by atoms with Crippen LogP contribution in [-0.4, -0.2) is 28.7 Å². The maximum Gasteiger partial charge on any atom is 0.307 e. The third-order valence-corrected chi connectivity index (χ3v) is 2.08. The molecule has 1 rings (SSSR count). The molecule has 0 aromatic carbocycles. The Hall–Kier alpha value is -1.01. The van der Waals surface area contributed by atoms with E-state index in [4.69, 9.17) is 4.74 Å². The van der Waals surface area contributed by atoms with Crippen molar-refractivity contribution < 1.29 is 9.53 Å². The van der Waals surface area contributed by atoms with Crippen molar-refractivity contribution in [1.29, 1.82) is 0 Å². The van der Waals surface area contributed by atoms with Crippen LogP contribution in [0.15, 0.2) is 5.38 Å². The molecule has 0 bridgehead atoms. The van der Waals surface area contributed by atoms with Gasteiger partial charge < -0.3 is 10.1 Å². The zero-order chi connectivity index (χ0) is 10.2. The van der Waals surface area contributed by atoms with Gasteiger partial charge in [-0.15, -0.1) is 5.10 Å². The summed E-state index contributed by atoms with van der Waals surface area (Å²) in [5.74, 6) is -0.170. The number of esters is 1. The Balaban J connectivity index is 2.02. The van der Waals surface area contributed by atoms with Crippen LogP contribution in [0, 0.1) is 0 Å². The van der Waals surface area contributed by atoms with Crippen LogP contribution in [-0.2, 0) is 16.1 Å². The lowest BCUT2D eigenvalue weighted by Crippen LogP contribution is -2.19. The van der Waals surface area contributed by atoms with Crippen LogP contribution in [0.5, 0.6) is 0 Å². The van der Waals surface area contributed by atoms with Crippen molar-refractivity contribution in [3.05, 3.63) is 11.1 Å². The first-order valence-electron chi connectivity index (χ1n) is 4.45. The third-order valence-electron chi connectivity index (χ3n) is 1.52. The standard InChI is InChI=1S/C8H13N3O2S/c1-2-13-8(12)3-4-9-5-7-6-14-11-10-7/h6,9H,2-5H2,1H3. The highest BCUT2D eigenvalue weighted by Crippen LogP contribution is 1.95. The predicted octanol–water partition coefficient (Wildman–Crippen LogP) is 0.581. The SMILES string of the molecule is CCOC(=O)CCNCc1csnn1. The molecule has 1 aromatic rings. The number of hydrogen-bond acceptors (Lipinski definition) is 6. The van der Waals surface area contributed by atoms with Crippen LogP contribution < -0.4 is 5.32 Å². The van der Waals surface area contributed by atoms with Gasteiger partial charge in [-0.05, 0) is 18.5 Å². The molecule has 0 saturated carbocycles. The van der Waals surface area contributed by atoms with E-state index in [0.29, 0.717) is 26.1 Å². The van der Waals surface area contributed by atoms with Crippen LogP contribution >= 0.6 is 11.5 Å². The molecule has 0 fully saturated rings. The van der Waals surface area contributed by atoms with Crippen molar-refractivity contribution >= 4 is 17.5 Å². The first-order valence-corrected chi connectivity index (χ1v) is 5.29. The summed E-state index contributed by atoms with van der Waals surface area (Å²) in [4.78, 5) is 10.9. The number of carbonyl (C=O) groups excluding carboxylic acids is 1. The van der Waals surface area contributed by atoms with E-state index in [2.05, 4.69) is 14.9 Å². The highest BCUT2D eigenvalue weighted by molar-refractivity contribution is 7.03. The van der Waals surface area contributed by atoms with Gasteiger partial charge in [0.15, 0.2) is 0 Å². The predicted molar refractivity (Wildman–Crippen MR) is 52.9 cm³/mol. The van der Waals surface area contributed by atoms with Crippen molar-refractivity contribution in [3.8, 4) is 0 Å². The molecule has 78 valence electrons. The minimum absolute atomic E-state index is 0.170. The molecular weight excluding hydrogens is 202 g/mol. The second-order valence-electron chi connectivity index (χ2n) is 2.63. The molecule has 0 spiro atoms. The molecule has 1 N–H and O–H groups in total. The van der Waals surface area contributed by atoms with Gasteiger partial charge in [-0.1, -0.05) is 4.49 Å². The van der Waals surface area contributed by atoms with Crippen LogP contribution in [0.1, 0.15) is 19.0 Å². The quantitative estimate of drug-likeness (QED) is 0.555. The van der Waals surface area contributed by atoms with Crippen molar-refractivity contribution in [2.45, 2.75) is 19.9 Å². The normalized spacial score (nSPS) is 10.1. The summed E-state index contributed by atoms with van der Waals surface area (Å²) in [6.07, 6.45) is 0.394. The van der Waals surface area contributed by atoms with Crippen LogP contribution in [0.25, 0.3) is 0 Å². The smallest absolute Gasteiger partial charge is 0.307 e. The van der Waals surface area contributed by atoms with Gasteiger partial charge in [0.25, 0.3) is 0 Å². The summed E-state index contributed by atoms with van der Waals surface area (Å²) < 4.78 is 8.50. The largest absolute Gasteiger partial charge is 0.466 e. The first-order chi connectivity index (χ1) is 6.83. The third kappa shape index (κ3) is 4.29. The molecule has 0 aliphatic rings. The van der Waals surface area contributed by atoms with E-state index in [0.717, 1.165) is 5.69 Å². The van der Waals surface area contributed by atoms with Gasteiger partial charge in [0, 0.05) is 18.5 Å². The number of hydrogen-bond donors (Lipinski definition) is 1. The lowest BCUT2D eigenvalue weighted by atomic mass is 10.4. The van der Waals surface area contributed by atoms with Crippen LogP contribution in [0.4, 0.5) is 0 Å². The van der Waals surface area contributed by atoms with E-state index in [1.165, 1.54) is 11.5 Å². The fourth-order valence-electron chi connectivity index (χ4n) is 0.901. The molecule has 0 radical (unpaired) electrons. The van der Waals surface area contributed by atoms with E-state index in [1.807, 2.05) is 5.38 Å². The number of nitrogens with zero attached hydrogens (tertiary/aromatic N) is 2. The molecule has 14 heavy (non-hydrogen) atoms. The molecule has 1 heterocycles. The van der Waals surface area contributed by atoms with Crippen molar-refractivity contribution in [2.75, 3.05) is 13.2 Å². The average Bonchev–Trinajstić information content (AvgIpc) is 2.65. The Labute approximate surface area is 86.6 Å². The van der Waals surface area contributed by atoms with Crippen molar-refractivity contribution in [1.82, 2.24) is 14.9 Å². The Morgan fingerprint density at radius 2 is 2.57 bits per heavy atom. The first kappa shape index (κ1) is 11.1. The maximum absolute atomic E-state index is 10.9. The summed E-state index contributed by atoms with van der Waals surface area (Å²) in [7, 11) is 0. The topological polar surface area (TPSA) is 64.1 Å². The Kier molecular flexibility index (Phi) is 5.09. The highest BCUT2D eigenvalue weighted by atomic mass is 32.1. The Bertz CT molecular complexity index is 264. The molecule has 5 nitrogen and oxygen atoms in total. The highest BCUT2D eigenvalue weighted by Gasteiger charge is 2.00. The number of nitrogens with one attached hydrogen (secondary N) is 1. The summed E-state index contributed by atoms with van der Waals surface area (Å²) in [5, 5.41) is 8.81. The van der Waals surface area contributed by atoms with Gasteiger partial charge in [-0.3, -0.25) is 4.79 Å². The lowest BCUT2D eigenvalue weighted by molar-refractivity contribution is -0.142. The van der Waals surface area contributed by atoms with E-state index in [9.17, 15) is 4.79 Å². The van der Waals surface area contributed by atoms with E-state index < -0.39 is 0 Å². The second-order valence-corrected chi connectivity index (χ2v) is 3.24. The number of ether oxygens (including phenoxy) is 1. The molecule has 0 atom stereocenters. The molecule has 0 saturated heterocycles. The van der Waals surface area contributed by atoms with Gasteiger partial charge in [0.05, 0.1) is 18.7 Å². The molecule has 0 amide bonds. The van der Waals surface area contributed by atoms with Gasteiger partial charge >= 0.3 is 5.97 Å². The van der Waals surface area contributed by atoms with Crippen LogP contribution in [0.2, 0.25) is 0 Å². The monoisotopic (exact) mass is 215 g/mol. The molecule has 1 aromatic heterocycles. The van der Waals surface area contributed by atoms with E-state index >= 15 is 0 Å². The molecule has 0 aliphatic heterocycles. The molecule has 0 aliphatic carbocycles. The number of rotatable bonds is 6.